The van der Waals surface area contributed by atoms with E-state index < -0.39 is 41.3 Å². The van der Waals surface area contributed by atoms with Gasteiger partial charge in [-0.05, 0) is 35.6 Å². The fourth-order valence-electron chi connectivity index (χ4n) is 4.51. The summed E-state index contributed by atoms with van der Waals surface area (Å²) in [6.07, 6.45) is -5.92. The van der Waals surface area contributed by atoms with E-state index >= 15 is 0 Å². The Morgan fingerprint density at radius 3 is 2.55 bits per heavy atom. The zero-order valence-corrected chi connectivity index (χ0v) is 18.9. The molecule has 3 N–H and O–H groups in total. The first kappa shape index (κ1) is 23.4. The van der Waals surface area contributed by atoms with Gasteiger partial charge in [0.2, 0.25) is 0 Å². The van der Waals surface area contributed by atoms with Crippen molar-refractivity contribution in [2.75, 3.05) is 6.61 Å². The fourth-order valence-corrected chi connectivity index (χ4v) is 4.75. The molecule has 4 rings (SSSR count). The average Bonchev–Trinajstić information content (AvgIpc) is 3.30. The number of H-pyrrole nitrogens is 2. The van der Waals surface area contributed by atoms with E-state index in [0.717, 1.165) is 10.1 Å². The Kier molecular flexibility index (Phi) is 5.44. The number of aromatic nitrogens is 3. The van der Waals surface area contributed by atoms with Crippen LogP contribution in [0, 0.1) is 0 Å². The van der Waals surface area contributed by atoms with Crippen molar-refractivity contribution in [3.63, 3.8) is 0 Å². The maximum atomic E-state index is 14.2. The number of alkyl halides is 3. The first-order valence-corrected chi connectivity index (χ1v) is 10.7. The van der Waals surface area contributed by atoms with Gasteiger partial charge in [0, 0.05) is 36.2 Å². The summed E-state index contributed by atoms with van der Waals surface area (Å²) in [5.74, 6) is 0.501. The van der Waals surface area contributed by atoms with Gasteiger partial charge in [-0.25, -0.2) is 4.79 Å². The van der Waals surface area contributed by atoms with Crippen LogP contribution in [0.4, 0.5) is 13.2 Å². The molecule has 0 amide bonds. The fraction of sp³-hybridized carbons (Fsp3) is 0.455. The molecule has 0 radical (unpaired) electrons. The Labute approximate surface area is 191 Å². The van der Waals surface area contributed by atoms with Crippen molar-refractivity contribution in [3.05, 3.63) is 60.9 Å². The van der Waals surface area contributed by atoms with Gasteiger partial charge in [0.25, 0.3) is 5.56 Å². The SMILES string of the molecule is Cn1c(=O)[nH]c2[nH]c(CC(O)(CC(C)(C)c3cc(Cl)cc4c3OCC4)C(F)(F)F)cc2c1=O. The summed E-state index contributed by atoms with van der Waals surface area (Å²) >= 11 is 6.21. The number of ether oxygens (including phenoxy) is 1. The number of nitrogens with one attached hydrogen (secondary N) is 2. The van der Waals surface area contributed by atoms with Crippen molar-refractivity contribution >= 4 is 22.6 Å². The number of halogens is 4. The molecule has 1 aliphatic rings. The Morgan fingerprint density at radius 1 is 1.18 bits per heavy atom. The van der Waals surface area contributed by atoms with Crippen LogP contribution in [-0.4, -0.2) is 38.0 Å². The summed E-state index contributed by atoms with van der Waals surface area (Å²) in [7, 11) is 1.26. The minimum absolute atomic E-state index is 0.00273. The summed E-state index contributed by atoms with van der Waals surface area (Å²) in [5, 5.41) is 11.4. The lowest BCUT2D eigenvalue weighted by Gasteiger charge is -2.38. The quantitative estimate of drug-likeness (QED) is 0.516. The van der Waals surface area contributed by atoms with Gasteiger partial charge in [-0.3, -0.25) is 14.3 Å². The Balaban J connectivity index is 1.75. The molecule has 2 aromatic heterocycles. The summed E-state index contributed by atoms with van der Waals surface area (Å²) in [4.78, 5) is 29.1. The number of benzene rings is 1. The molecule has 3 heterocycles. The smallest absolute Gasteiger partial charge is 0.417 e. The average molecular weight is 486 g/mol. The highest BCUT2D eigenvalue weighted by atomic mass is 35.5. The van der Waals surface area contributed by atoms with Gasteiger partial charge in [0.05, 0.1) is 12.0 Å². The molecule has 11 heteroatoms. The lowest BCUT2D eigenvalue weighted by Crippen LogP contribution is -2.51. The van der Waals surface area contributed by atoms with E-state index in [2.05, 4.69) is 9.97 Å². The van der Waals surface area contributed by atoms with Crippen LogP contribution in [0.15, 0.2) is 27.8 Å². The molecule has 0 spiro atoms. The number of rotatable bonds is 5. The highest BCUT2D eigenvalue weighted by molar-refractivity contribution is 6.30. The molecule has 1 unspecified atom stereocenters. The zero-order valence-electron chi connectivity index (χ0n) is 18.2. The van der Waals surface area contributed by atoms with Crippen molar-refractivity contribution in [1.29, 1.82) is 0 Å². The second-order valence-corrected chi connectivity index (χ2v) is 9.62. The lowest BCUT2D eigenvalue weighted by atomic mass is 9.73. The van der Waals surface area contributed by atoms with Crippen LogP contribution in [0.3, 0.4) is 0 Å². The van der Waals surface area contributed by atoms with Gasteiger partial charge in [0.15, 0.2) is 5.60 Å². The molecular formula is C22H23ClF3N3O4. The minimum atomic E-state index is -4.98. The zero-order chi connectivity index (χ0) is 24.3. The number of aliphatic hydroxyl groups is 1. The third-order valence-electron chi connectivity index (χ3n) is 6.17. The van der Waals surface area contributed by atoms with Crippen molar-refractivity contribution in [2.45, 2.75) is 50.3 Å². The highest BCUT2D eigenvalue weighted by Gasteiger charge is 2.56. The number of nitrogens with zero attached hydrogens (tertiary/aromatic N) is 1. The van der Waals surface area contributed by atoms with Crippen LogP contribution in [0.5, 0.6) is 5.75 Å². The topological polar surface area (TPSA) is 100 Å². The van der Waals surface area contributed by atoms with Gasteiger partial charge >= 0.3 is 11.9 Å². The standard InChI is InChI=1S/C22H23ClF3N3O4/c1-20(2,15-7-12(23)6-11-4-5-33-16(11)15)10-21(32,22(24,25)26)9-13-8-14-17(27-13)28-19(31)29(3)18(14)30/h6-8,27,32H,4-5,9-10H2,1-3H3,(H,28,31). The van der Waals surface area contributed by atoms with Crippen LogP contribution in [-0.2, 0) is 25.3 Å². The molecule has 7 nitrogen and oxygen atoms in total. The van der Waals surface area contributed by atoms with E-state index in [9.17, 15) is 27.9 Å². The van der Waals surface area contributed by atoms with E-state index in [0.29, 0.717) is 29.4 Å². The normalized spacial score (nSPS) is 16.0. The van der Waals surface area contributed by atoms with E-state index in [1.807, 2.05) is 0 Å². The summed E-state index contributed by atoms with van der Waals surface area (Å²) < 4.78 is 49.1. The number of hydrogen-bond acceptors (Lipinski definition) is 4. The van der Waals surface area contributed by atoms with Gasteiger partial charge in [0.1, 0.15) is 11.4 Å². The molecule has 1 atom stereocenters. The van der Waals surface area contributed by atoms with Gasteiger partial charge in [-0.2, -0.15) is 13.2 Å². The number of hydrogen-bond donors (Lipinski definition) is 3. The molecule has 3 aromatic rings. The van der Waals surface area contributed by atoms with E-state index in [-0.39, 0.29) is 16.7 Å². The monoisotopic (exact) mass is 485 g/mol. The molecule has 0 saturated carbocycles. The van der Waals surface area contributed by atoms with Crippen molar-refractivity contribution < 1.29 is 23.0 Å². The van der Waals surface area contributed by atoms with Gasteiger partial charge < -0.3 is 14.8 Å². The molecule has 0 saturated heterocycles. The lowest BCUT2D eigenvalue weighted by molar-refractivity contribution is -0.266. The predicted molar refractivity (Wildman–Crippen MR) is 117 cm³/mol. The van der Waals surface area contributed by atoms with Crippen molar-refractivity contribution in [3.8, 4) is 5.75 Å². The second-order valence-electron chi connectivity index (χ2n) is 9.18. The molecule has 1 aromatic carbocycles. The van der Waals surface area contributed by atoms with Crippen LogP contribution in [0.2, 0.25) is 5.02 Å². The van der Waals surface area contributed by atoms with Crippen LogP contribution in [0.25, 0.3) is 11.0 Å². The molecule has 0 fully saturated rings. The molecule has 178 valence electrons. The summed E-state index contributed by atoms with van der Waals surface area (Å²) in [5.41, 5.74) is -4.40. The maximum absolute atomic E-state index is 14.2. The first-order valence-electron chi connectivity index (χ1n) is 10.3. The van der Waals surface area contributed by atoms with E-state index in [1.54, 1.807) is 26.0 Å². The van der Waals surface area contributed by atoms with E-state index in [4.69, 9.17) is 16.3 Å². The number of aromatic amines is 2. The third kappa shape index (κ3) is 4.06. The van der Waals surface area contributed by atoms with Crippen LogP contribution in [0.1, 0.15) is 37.1 Å². The van der Waals surface area contributed by atoms with Crippen molar-refractivity contribution in [1.82, 2.24) is 14.5 Å². The Morgan fingerprint density at radius 2 is 1.88 bits per heavy atom. The summed E-state index contributed by atoms with van der Waals surface area (Å²) in [6, 6.07) is 4.52. The molecule has 33 heavy (non-hydrogen) atoms. The third-order valence-corrected chi connectivity index (χ3v) is 6.39. The molecular weight excluding hydrogens is 463 g/mol. The summed E-state index contributed by atoms with van der Waals surface area (Å²) in [6.45, 7) is 3.59. The predicted octanol–water partition coefficient (Wildman–Crippen LogP) is 3.35. The van der Waals surface area contributed by atoms with Gasteiger partial charge in [-0.15, -0.1) is 0 Å². The Hall–Kier alpha value is -2.72. The van der Waals surface area contributed by atoms with Crippen LogP contribution < -0.4 is 16.0 Å². The minimum Gasteiger partial charge on any atom is -0.493 e. The Bertz CT molecular complexity index is 1360. The maximum Gasteiger partial charge on any atom is 0.417 e. The van der Waals surface area contributed by atoms with E-state index in [1.165, 1.54) is 13.1 Å². The highest BCUT2D eigenvalue weighted by Crippen LogP contribution is 2.47. The number of fused-ring (bicyclic) bond motifs is 2. The molecule has 0 bridgehead atoms. The second kappa shape index (κ2) is 7.66. The molecule has 0 aliphatic carbocycles. The first-order chi connectivity index (χ1) is 15.2. The van der Waals surface area contributed by atoms with Gasteiger partial charge in [-0.1, -0.05) is 25.4 Å². The largest absolute Gasteiger partial charge is 0.493 e. The van der Waals surface area contributed by atoms with Crippen molar-refractivity contribution in [2.24, 2.45) is 7.05 Å². The van der Waals surface area contributed by atoms with Crippen LogP contribution >= 0.6 is 11.6 Å². The molecule has 1 aliphatic heterocycles.